The number of hydrogen-bond donors (Lipinski definition) is 1. The third-order valence-corrected chi connectivity index (χ3v) is 4.47. The molecule has 0 fully saturated rings. The van der Waals surface area contributed by atoms with Crippen LogP contribution in [0.1, 0.15) is 17.8 Å². The van der Waals surface area contributed by atoms with Crippen molar-refractivity contribution in [3.63, 3.8) is 0 Å². The molecule has 7 heteroatoms. The van der Waals surface area contributed by atoms with E-state index in [0.29, 0.717) is 0 Å². The zero-order chi connectivity index (χ0) is 16.0. The predicted molar refractivity (Wildman–Crippen MR) is 85.9 cm³/mol. The number of pyridine rings is 1. The molecule has 0 spiro atoms. The molecule has 1 unspecified atom stereocenters. The second-order valence-corrected chi connectivity index (χ2v) is 6.06. The van der Waals surface area contributed by atoms with Crippen molar-refractivity contribution in [2.24, 2.45) is 13.0 Å². The molecule has 23 heavy (non-hydrogen) atoms. The van der Waals surface area contributed by atoms with Crippen LogP contribution in [0.15, 0.2) is 24.8 Å². The van der Waals surface area contributed by atoms with E-state index >= 15 is 0 Å². The smallest absolute Gasteiger partial charge is 0.227 e. The first-order valence-electron chi connectivity index (χ1n) is 7.71. The van der Waals surface area contributed by atoms with Crippen LogP contribution in [0.2, 0.25) is 0 Å². The van der Waals surface area contributed by atoms with Crippen LogP contribution in [-0.2, 0) is 24.8 Å². The molecular formula is C16H18N6O. The normalized spacial score (nSPS) is 17.2. The van der Waals surface area contributed by atoms with Gasteiger partial charge in [0.05, 0.1) is 23.9 Å². The average Bonchev–Trinajstić information content (AvgIpc) is 3.11. The minimum Gasteiger partial charge on any atom is -0.335 e. The van der Waals surface area contributed by atoms with Gasteiger partial charge in [-0.15, -0.1) is 0 Å². The van der Waals surface area contributed by atoms with E-state index in [0.717, 1.165) is 47.5 Å². The summed E-state index contributed by atoms with van der Waals surface area (Å²) in [6, 6.07) is 1.94. The van der Waals surface area contributed by atoms with Crippen molar-refractivity contribution in [1.29, 1.82) is 0 Å². The van der Waals surface area contributed by atoms with Gasteiger partial charge in [0.25, 0.3) is 0 Å². The first kappa shape index (κ1) is 13.9. The van der Waals surface area contributed by atoms with Gasteiger partial charge < -0.3 is 9.88 Å². The Balaban J connectivity index is 1.54. The molecule has 118 valence electrons. The summed E-state index contributed by atoms with van der Waals surface area (Å²) in [4.78, 5) is 21.1. The highest BCUT2D eigenvalue weighted by Gasteiger charge is 2.25. The summed E-state index contributed by atoms with van der Waals surface area (Å²) in [7, 11) is 1.87. The van der Waals surface area contributed by atoms with Crippen molar-refractivity contribution < 1.29 is 4.79 Å². The van der Waals surface area contributed by atoms with Crippen LogP contribution in [0, 0.1) is 12.8 Å². The van der Waals surface area contributed by atoms with Gasteiger partial charge in [0.2, 0.25) is 5.91 Å². The van der Waals surface area contributed by atoms with E-state index < -0.39 is 0 Å². The largest absolute Gasteiger partial charge is 0.335 e. The minimum atomic E-state index is -0.0232. The number of hydrogen-bond acceptors (Lipinski definition) is 4. The molecule has 0 aromatic carbocycles. The van der Waals surface area contributed by atoms with E-state index in [2.05, 4.69) is 25.0 Å². The molecule has 0 bridgehead atoms. The fourth-order valence-electron chi connectivity index (χ4n) is 3.21. The van der Waals surface area contributed by atoms with Crippen molar-refractivity contribution in [3.05, 3.63) is 36.2 Å². The zero-order valence-corrected chi connectivity index (χ0v) is 13.2. The van der Waals surface area contributed by atoms with Gasteiger partial charge in [0.1, 0.15) is 0 Å². The van der Waals surface area contributed by atoms with Crippen molar-refractivity contribution in [3.8, 4) is 0 Å². The number of imidazole rings is 1. The van der Waals surface area contributed by atoms with E-state index in [4.69, 9.17) is 0 Å². The number of aromatic nitrogens is 5. The van der Waals surface area contributed by atoms with Crippen LogP contribution < -0.4 is 5.32 Å². The van der Waals surface area contributed by atoms with E-state index in [1.165, 1.54) is 0 Å². The van der Waals surface area contributed by atoms with Gasteiger partial charge in [0.15, 0.2) is 5.65 Å². The minimum absolute atomic E-state index is 0.0232. The summed E-state index contributed by atoms with van der Waals surface area (Å²) < 4.78 is 3.86. The van der Waals surface area contributed by atoms with Gasteiger partial charge in [-0.3, -0.25) is 9.48 Å². The van der Waals surface area contributed by atoms with Crippen molar-refractivity contribution in [2.45, 2.75) is 26.3 Å². The molecule has 0 saturated heterocycles. The Hall–Kier alpha value is -2.70. The molecule has 3 aromatic rings. The molecule has 7 nitrogen and oxygen atoms in total. The molecule has 0 saturated carbocycles. The number of nitrogens with one attached hydrogen (secondary N) is 1. The maximum Gasteiger partial charge on any atom is 0.227 e. The standard InChI is InChI=1S/C16H18N6O/c1-10-14-6-12(7-18-15(14)21(2)20-10)19-16(23)11-3-4-22-9-17-8-13(22)5-11/h6-9,11H,3-5H2,1-2H3,(H,19,23). The fourth-order valence-corrected chi connectivity index (χ4v) is 3.21. The van der Waals surface area contributed by atoms with E-state index in [-0.39, 0.29) is 11.8 Å². The molecule has 3 aromatic heterocycles. The topological polar surface area (TPSA) is 77.6 Å². The molecule has 1 N–H and O–H groups in total. The molecular weight excluding hydrogens is 292 g/mol. The molecule has 4 heterocycles. The van der Waals surface area contributed by atoms with E-state index in [1.54, 1.807) is 10.9 Å². The summed E-state index contributed by atoms with van der Waals surface area (Å²) in [6.07, 6.45) is 6.91. The van der Waals surface area contributed by atoms with Gasteiger partial charge >= 0.3 is 0 Å². The molecule has 1 aliphatic rings. The third kappa shape index (κ3) is 2.38. The van der Waals surface area contributed by atoms with Crippen LogP contribution in [0.4, 0.5) is 5.69 Å². The number of nitrogens with zero attached hydrogens (tertiary/aromatic N) is 5. The maximum absolute atomic E-state index is 12.5. The van der Waals surface area contributed by atoms with Crippen molar-refractivity contribution >= 4 is 22.6 Å². The number of aryl methyl sites for hydroxylation is 3. The quantitative estimate of drug-likeness (QED) is 0.781. The summed E-state index contributed by atoms with van der Waals surface area (Å²) in [5.41, 5.74) is 3.57. The summed E-state index contributed by atoms with van der Waals surface area (Å²) >= 11 is 0. The molecule has 1 aliphatic heterocycles. The molecule has 4 rings (SSSR count). The van der Waals surface area contributed by atoms with E-state index in [1.807, 2.05) is 32.6 Å². The lowest BCUT2D eigenvalue weighted by atomic mass is 9.95. The zero-order valence-electron chi connectivity index (χ0n) is 13.2. The van der Waals surface area contributed by atoms with Gasteiger partial charge in [-0.25, -0.2) is 9.97 Å². The molecule has 1 atom stereocenters. The van der Waals surface area contributed by atoms with Gasteiger partial charge in [-0.1, -0.05) is 0 Å². The third-order valence-electron chi connectivity index (χ3n) is 4.47. The lowest BCUT2D eigenvalue weighted by Gasteiger charge is -2.22. The van der Waals surface area contributed by atoms with Crippen molar-refractivity contribution in [2.75, 3.05) is 5.32 Å². The number of amides is 1. The molecule has 0 aliphatic carbocycles. The van der Waals surface area contributed by atoms with Gasteiger partial charge in [0, 0.05) is 43.2 Å². The Kier molecular flexibility index (Phi) is 3.14. The predicted octanol–water partition coefficient (Wildman–Crippen LogP) is 1.67. The SMILES string of the molecule is Cc1nn(C)c2ncc(NC(=O)C3CCn4cncc4C3)cc12. The van der Waals surface area contributed by atoms with Crippen LogP contribution in [0.25, 0.3) is 11.0 Å². The van der Waals surface area contributed by atoms with Crippen molar-refractivity contribution in [1.82, 2.24) is 24.3 Å². The Labute approximate surface area is 133 Å². The number of anilines is 1. The first-order valence-corrected chi connectivity index (χ1v) is 7.71. The fraction of sp³-hybridized carbons (Fsp3) is 0.375. The highest BCUT2D eigenvalue weighted by Crippen LogP contribution is 2.23. The number of carbonyl (C=O) groups is 1. The Morgan fingerprint density at radius 2 is 2.26 bits per heavy atom. The van der Waals surface area contributed by atoms with Crippen LogP contribution >= 0.6 is 0 Å². The number of fused-ring (bicyclic) bond motifs is 2. The van der Waals surface area contributed by atoms with Gasteiger partial charge in [-0.05, 0) is 19.4 Å². The highest BCUT2D eigenvalue weighted by atomic mass is 16.1. The second-order valence-electron chi connectivity index (χ2n) is 6.06. The summed E-state index contributed by atoms with van der Waals surface area (Å²) in [5.74, 6) is 0.0186. The Morgan fingerprint density at radius 1 is 1.39 bits per heavy atom. The number of rotatable bonds is 2. The van der Waals surface area contributed by atoms with E-state index in [9.17, 15) is 4.79 Å². The van der Waals surface area contributed by atoms with Gasteiger partial charge in [-0.2, -0.15) is 5.10 Å². The lowest BCUT2D eigenvalue weighted by Crippen LogP contribution is -2.29. The first-order chi connectivity index (χ1) is 11.1. The second kappa shape index (κ2) is 5.19. The van der Waals surface area contributed by atoms with Crippen LogP contribution in [-0.4, -0.2) is 30.2 Å². The summed E-state index contributed by atoms with van der Waals surface area (Å²) in [5, 5.41) is 8.31. The van der Waals surface area contributed by atoms with Crippen LogP contribution in [0.5, 0.6) is 0 Å². The number of carbonyl (C=O) groups excluding carboxylic acids is 1. The molecule has 1 amide bonds. The lowest BCUT2D eigenvalue weighted by molar-refractivity contribution is -0.120. The molecule has 0 radical (unpaired) electrons. The maximum atomic E-state index is 12.5. The van der Waals surface area contributed by atoms with Crippen LogP contribution in [0.3, 0.4) is 0 Å². The Bertz CT molecular complexity index is 893. The Morgan fingerprint density at radius 3 is 3.13 bits per heavy atom. The average molecular weight is 310 g/mol. The summed E-state index contributed by atoms with van der Waals surface area (Å²) in [6.45, 7) is 2.78. The monoisotopic (exact) mass is 310 g/mol. The highest BCUT2D eigenvalue weighted by molar-refractivity contribution is 5.94.